The summed E-state index contributed by atoms with van der Waals surface area (Å²) in [6, 6.07) is 0. The van der Waals surface area contributed by atoms with Gasteiger partial charge in [-0.25, -0.2) is 0 Å². The molecule has 2 unspecified atom stereocenters. The fraction of sp³-hybridized carbons (Fsp3) is 1.00. The highest BCUT2D eigenvalue weighted by Gasteiger charge is 2.41. The molecule has 2 atom stereocenters. The summed E-state index contributed by atoms with van der Waals surface area (Å²) in [4.78, 5) is 8.43. The van der Waals surface area contributed by atoms with Gasteiger partial charge in [-0.1, -0.05) is 0 Å². The van der Waals surface area contributed by atoms with Crippen LogP contribution in [-0.2, 0) is 13.8 Å². The van der Waals surface area contributed by atoms with E-state index in [0.29, 0.717) is 6.61 Å². The van der Waals surface area contributed by atoms with Gasteiger partial charge in [0.25, 0.3) is 0 Å². The number of hydrogen-bond acceptors (Lipinski definition) is 3. The maximum Gasteiger partial charge on any atom is 0.317 e. The Labute approximate surface area is 60.1 Å². The quantitative estimate of drug-likeness (QED) is 0.491. The van der Waals surface area contributed by atoms with E-state index in [1.54, 1.807) is 13.8 Å². The first-order chi connectivity index (χ1) is 4.52. The van der Waals surface area contributed by atoms with E-state index in [1.807, 2.05) is 0 Å². The lowest BCUT2D eigenvalue weighted by molar-refractivity contribution is 0.0705. The summed E-state index contributed by atoms with van der Waals surface area (Å²) in [7, 11) is -2.83. The molecule has 1 saturated heterocycles. The molecule has 0 saturated carbocycles. The van der Waals surface area contributed by atoms with Crippen molar-refractivity contribution in [3.63, 3.8) is 0 Å². The molecule has 0 spiro atoms. The third-order valence-corrected chi connectivity index (χ3v) is 2.16. The van der Waals surface area contributed by atoms with Crippen LogP contribution in [0.3, 0.4) is 0 Å². The molecule has 1 rings (SSSR count). The van der Waals surface area contributed by atoms with Crippen LogP contribution in [0.15, 0.2) is 0 Å². The number of hydrogen-bond donors (Lipinski definition) is 1. The molecule has 0 bridgehead atoms. The fourth-order valence-corrected chi connectivity index (χ4v) is 1.32. The molecule has 1 aliphatic rings. The Morgan fingerprint density at radius 2 is 2.30 bits per heavy atom. The van der Waals surface area contributed by atoms with E-state index in [0.717, 1.165) is 0 Å². The molecule has 0 aliphatic carbocycles. The first-order valence-electron chi connectivity index (χ1n) is 3.06. The molecule has 4 nitrogen and oxygen atoms in total. The molecule has 0 aromatic carbocycles. The lowest BCUT2D eigenvalue weighted by Crippen LogP contribution is -2.28. The largest absolute Gasteiger partial charge is 0.370 e. The van der Waals surface area contributed by atoms with Gasteiger partial charge in [0.15, 0.2) is 0 Å². The lowest BCUT2D eigenvalue weighted by atomic mass is 10.1. The normalized spacial score (nSPS) is 28.1. The second kappa shape index (κ2) is 2.62. The number of ether oxygens (including phenoxy) is 1. The predicted molar refractivity (Wildman–Crippen MR) is 36.1 cm³/mol. The van der Waals surface area contributed by atoms with Gasteiger partial charge in [0.05, 0.1) is 6.61 Å². The van der Waals surface area contributed by atoms with Crippen LogP contribution in [0.5, 0.6) is 0 Å². The van der Waals surface area contributed by atoms with Gasteiger partial charge in [-0.05, 0) is 13.8 Å². The first-order valence-corrected chi connectivity index (χ1v) is 4.32. The molecule has 1 fully saturated rings. The van der Waals surface area contributed by atoms with E-state index in [1.165, 1.54) is 0 Å². The van der Waals surface area contributed by atoms with Crippen LogP contribution in [0.2, 0.25) is 0 Å². The van der Waals surface area contributed by atoms with Gasteiger partial charge in [0, 0.05) is 0 Å². The minimum Gasteiger partial charge on any atom is -0.370 e. The summed E-state index contributed by atoms with van der Waals surface area (Å²) in [5, 5.41) is 0. The highest BCUT2D eigenvalue weighted by atomic mass is 31.1. The van der Waals surface area contributed by atoms with Crippen molar-refractivity contribution in [1.82, 2.24) is 0 Å². The van der Waals surface area contributed by atoms with Crippen LogP contribution in [0, 0.1) is 0 Å². The second-order valence-electron chi connectivity index (χ2n) is 2.79. The van der Waals surface area contributed by atoms with Crippen molar-refractivity contribution >= 4 is 8.25 Å². The maximum absolute atomic E-state index is 10.3. The highest BCUT2D eigenvalue weighted by molar-refractivity contribution is 7.32. The van der Waals surface area contributed by atoms with Crippen molar-refractivity contribution in [2.24, 2.45) is 0 Å². The molecule has 5 heteroatoms. The molecule has 0 aromatic rings. The average molecular weight is 166 g/mol. The fourth-order valence-electron chi connectivity index (χ4n) is 0.740. The first kappa shape index (κ1) is 8.21. The lowest BCUT2D eigenvalue weighted by Gasteiger charge is -2.19. The molecule has 1 heterocycles. The minimum atomic E-state index is -2.83. The van der Waals surface area contributed by atoms with Crippen LogP contribution in [0.1, 0.15) is 13.8 Å². The Morgan fingerprint density at radius 1 is 1.80 bits per heavy atom. The summed E-state index contributed by atoms with van der Waals surface area (Å²) in [5.74, 6) is 0. The number of epoxide rings is 1. The minimum absolute atomic E-state index is 0.00593. The van der Waals surface area contributed by atoms with Crippen molar-refractivity contribution in [2.75, 3.05) is 6.61 Å². The zero-order valence-electron chi connectivity index (χ0n) is 5.96. The van der Waals surface area contributed by atoms with Gasteiger partial charge in [-0.3, -0.25) is 4.57 Å². The monoisotopic (exact) mass is 166 g/mol. The zero-order valence-corrected chi connectivity index (χ0v) is 6.96. The Bertz CT molecular complexity index is 152. The van der Waals surface area contributed by atoms with Crippen LogP contribution in [0.4, 0.5) is 0 Å². The molecule has 1 N–H and O–H groups in total. The van der Waals surface area contributed by atoms with Crippen LogP contribution in [-0.4, -0.2) is 23.2 Å². The van der Waals surface area contributed by atoms with Crippen LogP contribution >= 0.6 is 8.25 Å². The van der Waals surface area contributed by atoms with Crippen LogP contribution in [0.25, 0.3) is 0 Å². The zero-order chi connectivity index (χ0) is 7.78. The third-order valence-electron chi connectivity index (χ3n) is 1.46. The van der Waals surface area contributed by atoms with Crippen molar-refractivity contribution in [2.45, 2.75) is 25.6 Å². The SMILES string of the molecule is CC(C)(O[PH](=O)O)C1CO1. The summed E-state index contributed by atoms with van der Waals surface area (Å²) in [5.41, 5.74) is -0.606. The van der Waals surface area contributed by atoms with Crippen molar-refractivity contribution in [3.8, 4) is 0 Å². The Hall–Kier alpha value is 0.110. The van der Waals surface area contributed by atoms with Gasteiger partial charge >= 0.3 is 8.25 Å². The Kier molecular flexibility index (Phi) is 2.15. The topological polar surface area (TPSA) is 59.1 Å². The molecular formula is C5H11O4P. The van der Waals surface area contributed by atoms with E-state index < -0.39 is 13.9 Å². The average Bonchev–Trinajstić information content (AvgIpc) is 2.35. The molecule has 1 aliphatic heterocycles. The summed E-state index contributed by atoms with van der Waals surface area (Å²) in [6.07, 6.45) is -0.00593. The second-order valence-corrected chi connectivity index (χ2v) is 3.53. The predicted octanol–water partition coefficient (Wildman–Crippen LogP) is 0.562. The van der Waals surface area contributed by atoms with Gasteiger partial charge in [0.2, 0.25) is 0 Å². The van der Waals surface area contributed by atoms with Crippen molar-refractivity contribution in [3.05, 3.63) is 0 Å². The third kappa shape index (κ3) is 2.06. The van der Waals surface area contributed by atoms with Gasteiger partial charge in [-0.15, -0.1) is 0 Å². The molecule has 0 aromatic heterocycles. The summed E-state index contributed by atoms with van der Waals surface area (Å²) < 4.78 is 19.9. The summed E-state index contributed by atoms with van der Waals surface area (Å²) >= 11 is 0. The van der Waals surface area contributed by atoms with Crippen molar-refractivity contribution < 1.29 is 18.7 Å². The van der Waals surface area contributed by atoms with E-state index in [2.05, 4.69) is 0 Å². The Morgan fingerprint density at radius 3 is 2.60 bits per heavy atom. The summed E-state index contributed by atoms with van der Waals surface area (Å²) in [6.45, 7) is 4.11. The molecule has 0 radical (unpaired) electrons. The standard InChI is InChI=1S/C5H11O4P/c1-5(2,4-3-8-4)9-10(6)7/h4,10H,3H2,1-2H3,(H,6,7). The van der Waals surface area contributed by atoms with E-state index in [4.69, 9.17) is 14.2 Å². The highest BCUT2D eigenvalue weighted by Crippen LogP contribution is 2.34. The molecule has 60 valence electrons. The van der Waals surface area contributed by atoms with E-state index in [-0.39, 0.29) is 6.10 Å². The Balaban J connectivity index is 2.41. The maximum atomic E-state index is 10.3. The molecule has 0 amide bonds. The smallest absolute Gasteiger partial charge is 0.317 e. The van der Waals surface area contributed by atoms with Crippen LogP contribution < -0.4 is 0 Å². The van der Waals surface area contributed by atoms with E-state index in [9.17, 15) is 4.57 Å². The molecular weight excluding hydrogens is 155 g/mol. The van der Waals surface area contributed by atoms with Gasteiger partial charge < -0.3 is 14.2 Å². The number of rotatable bonds is 3. The van der Waals surface area contributed by atoms with Gasteiger partial charge in [-0.2, -0.15) is 0 Å². The van der Waals surface area contributed by atoms with Crippen molar-refractivity contribution in [1.29, 1.82) is 0 Å². The van der Waals surface area contributed by atoms with E-state index >= 15 is 0 Å². The van der Waals surface area contributed by atoms with Gasteiger partial charge in [0.1, 0.15) is 11.7 Å². The molecule has 10 heavy (non-hydrogen) atoms.